The van der Waals surface area contributed by atoms with Crippen LogP contribution in [0.2, 0.25) is 0 Å². The Morgan fingerprint density at radius 3 is 2.53 bits per heavy atom. The normalized spacial score (nSPS) is 11.5. The molecule has 0 aliphatic rings. The molecule has 1 aromatic carbocycles. The van der Waals surface area contributed by atoms with E-state index in [-0.39, 0.29) is 5.56 Å². The molecule has 6 heteroatoms. The second-order valence-electron chi connectivity index (χ2n) is 3.10. The molecule has 0 saturated heterocycles. The fourth-order valence-electron chi connectivity index (χ4n) is 1.22. The van der Waals surface area contributed by atoms with Gasteiger partial charge in [0.25, 0.3) is 0 Å². The Hall–Kier alpha value is -0.810. The van der Waals surface area contributed by atoms with Gasteiger partial charge in [0.15, 0.2) is 0 Å². The lowest BCUT2D eigenvalue weighted by atomic mass is 10.1. The minimum Gasteiger partial charge on any atom is -0.497 e. The van der Waals surface area contributed by atoms with E-state index >= 15 is 0 Å². The van der Waals surface area contributed by atoms with Crippen LogP contribution in [0.15, 0.2) is 12.1 Å². The van der Waals surface area contributed by atoms with Crippen molar-refractivity contribution in [2.24, 2.45) is 0 Å². The van der Waals surface area contributed by atoms with E-state index in [1.54, 1.807) is 0 Å². The fourth-order valence-corrected chi connectivity index (χ4v) is 2.15. The van der Waals surface area contributed by atoms with E-state index in [0.29, 0.717) is 11.3 Å². The van der Waals surface area contributed by atoms with Crippen molar-refractivity contribution in [3.8, 4) is 5.75 Å². The first-order valence-corrected chi connectivity index (χ1v) is 6.56. The van der Waals surface area contributed by atoms with E-state index in [2.05, 4.69) is 0 Å². The van der Waals surface area contributed by atoms with Gasteiger partial charge in [0.2, 0.25) is 9.05 Å². The molecule has 0 radical (unpaired) electrons. The molecule has 0 spiro atoms. The molecule has 15 heavy (non-hydrogen) atoms. The van der Waals surface area contributed by atoms with Crippen LogP contribution in [0, 0.1) is 12.7 Å². The zero-order valence-corrected chi connectivity index (χ0v) is 9.82. The summed E-state index contributed by atoms with van der Waals surface area (Å²) in [5, 5.41) is 0. The molecule has 84 valence electrons. The third kappa shape index (κ3) is 3.35. The molecule has 0 bridgehead atoms. The van der Waals surface area contributed by atoms with Crippen LogP contribution >= 0.6 is 10.7 Å². The molecule has 0 unspecified atom stereocenters. The molecule has 0 N–H and O–H groups in total. The van der Waals surface area contributed by atoms with E-state index < -0.39 is 20.6 Å². The molecular weight excluding hydrogens is 243 g/mol. The maximum atomic E-state index is 13.5. The minimum absolute atomic E-state index is 0.0156. The number of benzene rings is 1. The van der Waals surface area contributed by atoms with E-state index in [1.807, 2.05) is 0 Å². The van der Waals surface area contributed by atoms with Gasteiger partial charge in [0, 0.05) is 16.2 Å². The van der Waals surface area contributed by atoms with Crippen molar-refractivity contribution in [1.29, 1.82) is 0 Å². The van der Waals surface area contributed by atoms with E-state index in [9.17, 15) is 12.8 Å². The predicted molar refractivity (Wildman–Crippen MR) is 56.2 cm³/mol. The van der Waals surface area contributed by atoms with Crippen LogP contribution in [0.1, 0.15) is 11.1 Å². The van der Waals surface area contributed by atoms with Crippen LogP contribution in [0.25, 0.3) is 0 Å². The summed E-state index contributed by atoms with van der Waals surface area (Å²) in [7, 11) is 2.71. The summed E-state index contributed by atoms with van der Waals surface area (Å²) in [6.07, 6.45) is 0. The molecule has 1 rings (SSSR count). The van der Waals surface area contributed by atoms with Crippen molar-refractivity contribution in [2.45, 2.75) is 12.7 Å². The molecule has 0 aliphatic carbocycles. The number of ether oxygens (including phenoxy) is 1. The van der Waals surface area contributed by atoms with Crippen LogP contribution in [-0.4, -0.2) is 15.5 Å². The van der Waals surface area contributed by atoms with Gasteiger partial charge in [-0.3, -0.25) is 0 Å². The first-order valence-electron chi connectivity index (χ1n) is 4.09. The van der Waals surface area contributed by atoms with Crippen molar-refractivity contribution >= 4 is 19.7 Å². The Balaban J connectivity index is 3.22. The molecule has 1 aromatic rings. The summed E-state index contributed by atoms with van der Waals surface area (Å²) in [5.41, 5.74) is 0.339. The maximum Gasteiger partial charge on any atom is 0.236 e. The quantitative estimate of drug-likeness (QED) is 0.775. The van der Waals surface area contributed by atoms with Gasteiger partial charge in [-0.2, -0.15) is 0 Å². The first-order chi connectivity index (χ1) is 6.83. The molecule has 0 aromatic heterocycles. The van der Waals surface area contributed by atoms with Gasteiger partial charge >= 0.3 is 0 Å². The summed E-state index contributed by atoms with van der Waals surface area (Å²) in [5.74, 6) is -0.706. The third-order valence-corrected chi connectivity index (χ3v) is 2.85. The predicted octanol–water partition coefficient (Wildman–Crippen LogP) is 2.21. The van der Waals surface area contributed by atoms with Gasteiger partial charge in [0.1, 0.15) is 11.6 Å². The average Bonchev–Trinajstić information content (AvgIpc) is 2.10. The van der Waals surface area contributed by atoms with Gasteiger partial charge in [-0.15, -0.1) is 0 Å². The third-order valence-electron chi connectivity index (χ3n) is 1.87. The summed E-state index contributed by atoms with van der Waals surface area (Å²) in [6, 6.07) is 2.81. The largest absolute Gasteiger partial charge is 0.497 e. The Bertz CT molecular complexity index is 470. The van der Waals surface area contributed by atoms with Crippen LogP contribution < -0.4 is 4.74 Å². The minimum atomic E-state index is -3.76. The fraction of sp³-hybridized carbons (Fsp3) is 0.333. The second kappa shape index (κ2) is 4.37. The first kappa shape index (κ1) is 12.3. The zero-order chi connectivity index (χ0) is 11.6. The van der Waals surface area contributed by atoms with Crippen molar-refractivity contribution in [1.82, 2.24) is 0 Å². The number of rotatable bonds is 3. The Labute approximate surface area is 92.2 Å². The highest BCUT2D eigenvalue weighted by molar-refractivity contribution is 8.13. The number of hydrogen-bond donors (Lipinski definition) is 0. The number of aryl methyl sites for hydroxylation is 1. The molecule has 0 aliphatic heterocycles. The lowest BCUT2D eigenvalue weighted by Gasteiger charge is -2.07. The molecule has 0 saturated carbocycles. The van der Waals surface area contributed by atoms with Gasteiger partial charge in [0.05, 0.1) is 12.9 Å². The maximum absolute atomic E-state index is 13.5. The van der Waals surface area contributed by atoms with E-state index in [1.165, 1.54) is 26.2 Å². The summed E-state index contributed by atoms with van der Waals surface area (Å²) < 4.78 is 40.0. The Kier molecular flexibility index (Phi) is 3.57. The smallest absolute Gasteiger partial charge is 0.236 e. The van der Waals surface area contributed by atoms with Gasteiger partial charge < -0.3 is 4.74 Å². The van der Waals surface area contributed by atoms with Crippen LogP contribution in [0.5, 0.6) is 5.75 Å². The van der Waals surface area contributed by atoms with Crippen LogP contribution in [-0.2, 0) is 14.8 Å². The molecule has 0 fully saturated rings. The van der Waals surface area contributed by atoms with Crippen molar-refractivity contribution in [3.05, 3.63) is 29.1 Å². The molecular formula is C9H10ClFO3S. The van der Waals surface area contributed by atoms with Crippen molar-refractivity contribution in [2.75, 3.05) is 7.11 Å². The lowest BCUT2D eigenvalue weighted by molar-refractivity contribution is 0.412. The van der Waals surface area contributed by atoms with E-state index in [4.69, 9.17) is 15.4 Å². The topological polar surface area (TPSA) is 43.4 Å². The highest BCUT2D eigenvalue weighted by Gasteiger charge is 2.14. The van der Waals surface area contributed by atoms with Gasteiger partial charge in [-0.25, -0.2) is 12.8 Å². The molecule has 0 atom stereocenters. The molecule has 0 amide bonds. The van der Waals surface area contributed by atoms with Gasteiger partial charge in [-0.05, 0) is 24.6 Å². The highest BCUT2D eigenvalue weighted by Crippen LogP contribution is 2.23. The van der Waals surface area contributed by atoms with Crippen LogP contribution in [0.4, 0.5) is 4.39 Å². The van der Waals surface area contributed by atoms with E-state index in [0.717, 1.165) is 0 Å². The monoisotopic (exact) mass is 252 g/mol. The van der Waals surface area contributed by atoms with Crippen molar-refractivity contribution < 1.29 is 17.5 Å². The Morgan fingerprint density at radius 1 is 1.47 bits per heavy atom. The molecule has 0 heterocycles. The second-order valence-corrected chi connectivity index (χ2v) is 5.88. The summed E-state index contributed by atoms with van der Waals surface area (Å²) in [6.45, 7) is 1.53. The number of methoxy groups -OCH3 is 1. The highest BCUT2D eigenvalue weighted by atomic mass is 35.7. The summed E-state index contributed by atoms with van der Waals surface area (Å²) in [4.78, 5) is 0. The molecule has 3 nitrogen and oxygen atoms in total. The lowest BCUT2D eigenvalue weighted by Crippen LogP contribution is -2.01. The van der Waals surface area contributed by atoms with Crippen molar-refractivity contribution in [3.63, 3.8) is 0 Å². The number of hydrogen-bond acceptors (Lipinski definition) is 3. The zero-order valence-electron chi connectivity index (χ0n) is 8.25. The van der Waals surface area contributed by atoms with Crippen LogP contribution in [0.3, 0.4) is 0 Å². The Morgan fingerprint density at radius 2 is 2.07 bits per heavy atom. The van der Waals surface area contributed by atoms with Gasteiger partial charge in [-0.1, -0.05) is 0 Å². The SMILES string of the molecule is COc1cc(C)c(F)c(CS(=O)(=O)Cl)c1. The summed E-state index contributed by atoms with van der Waals surface area (Å²) >= 11 is 0. The standard InChI is InChI=1S/C9H10ClFO3S/c1-6-3-8(14-2)4-7(9(6)11)5-15(10,12)13/h3-4H,5H2,1-2H3. The number of halogens is 2. The average molecular weight is 253 g/mol.